The highest BCUT2D eigenvalue weighted by Gasteiger charge is 2.45. The van der Waals surface area contributed by atoms with E-state index in [-0.39, 0.29) is 23.2 Å². The molecule has 2 saturated carbocycles. The quantitative estimate of drug-likeness (QED) is 0.229. The van der Waals surface area contributed by atoms with E-state index in [4.69, 9.17) is 14.2 Å². The van der Waals surface area contributed by atoms with E-state index in [2.05, 4.69) is 6.92 Å². The summed E-state index contributed by atoms with van der Waals surface area (Å²) in [4.78, 5) is 0. The maximum absolute atomic E-state index is 15.1. The fourth-order valence-corrected chi connectivity index (χ4v) is 6.97. The highest BCUT2D eigenvalue weighted by atomic mass is 19.3. The minimum absolute atomic E-state index is 0.118. The summed E-state index contributed by atoms with van der Waals surface area (Å²) in [5.41, 5.74) is -0.500. The van der Waals surface area contributed by atoms with Crippen LogP contribution in [-0.2, 0) is 9.47 Å². The molecule has 1 aliphatic heterocycles. The largest absolute Gasteiger partial charge is 0.432 e. The lowest BCUT2D eigenvalue weighted by atomic mass is 9.69. The van der Waals surface area contributed by atoms with E-state index in [9.17, 15) is 17.6 Å². The van der Waals surface area contributed by atoms with Crippen LogP contribution >= 0.6 is 0 Å². The van der Waals surface area contributed by atoms with Crippen LogP contribution in [0.1, 0.15) is 71.1 Å². The maximum atomic E-state index is 15.1. The fraction of sp³-hybridized carbons (Fsp3) is 0.625. The Hall–Kier alpha value is -2.26. The van der Waals surface area contributed by atoms with Gasteiger partial charge in [0.2, 0.25) is 0 Å². The smallest absolute Gasteiger partial charge is 0.400 e. The third-order valence-corrected chi connectivity index (χ3v) is 9.29. The molecule has 2 aromatic rings. The summed E-state index contributed by atoms with van der Waals surface area (Å²) in [6.45, 7) is 3.70. The van der Waals surface area contributed by atoms with Gasteiger partial charge in [0.15, 0.2) is 23.7 Å². The molecule has 0 N–H and O–H groups in total. The van der Waals surface area contributed by atoms with Gasteiger partial charge in [0, 0.05) is 23.5 Å². The first-order valence-electron chi connectivity index (χ1n) is 14.9. The number of ether oxygens (including phenoxy) is 3. The van der Waals surface area contributed by atoms with Crippen molar-refractivity contribution >= 4 is 0 Å². The molecule has 1 heterocycles. The molecule has 41 heavy (non-hydrogen) atoms. The highest BCUT2D eigenvalue weighted by Crippen LogP contribution is 2.46. The van der Waals surface area contributed by atoms with E-state index in [0.29, 0.717) is 61.5 Å². The van der Waals surface area contributed by atoms with Crippen LogP contribution in [0, 0.1) is 52.9 Å². The third-order valence-electron chi connectivity index (χ3n) is 9.29. The number of hydrogen-bond acceptors (Lipinski definition) is 3. The van der Waals surface area contributed by atoms with Gasteiger partial charge in [0.05, 0.1) is 19.1 Å². The first kappa shape index (κ1) is 30.2. The van der Waals surface area contributed by atoms with E-state index in [1.807, 2.05) is 0 Å². The molecule has 0 unspecified atom stereocenters. The monoisotopic (exact) mass is 584 g/mol. The van der Waals surface area contributed by atoms with Gasteiger partial charge in [-0.3, -0.25) is 0 Å². The normalized spacial score (nSPS) is 29.3. The molecule has 3 aliphatic rings. The highest BCUT2D eigenvalue weighted by molar-refractivity contribution is 5.65. The van der Waals surface area contributed by atoms with Crippen molar-refractivity contribution in [3.8, 4) is 16.9 Å². The summed E-state index contributed by atoms with van der Waals surface area (Å²) in [6, 6.07) is 4.27. The predicted octanol–water partition coefficient (Wildman–Crippen LogP) is 9.28. The van der Waals surface area contributed by atoms with Crippen molar-refractivity contribution in [2.24, 2.45) is 29.6 Å². The molecule has 2 aromatic carbocycles. The molecule has 0 bridgehead atoms. The molecule has 226 valence electrons. The molecule has 3 fully saturated rings. The molecule has 0 radical (unpaired) electrons. The van der Waals surface area contributed by atoms with Crippen LogP contribution in [-0.4, -0.2) is 25.6 Å². The molecule has 0 aromatic heterocycles. The van der Waals surface area contributed by atoms with Crippen molar-refractivity contribution in [3.63, 3.8) is 0 Å². The summed E-state index contributed by atoms with van der Waals surface area (Å²) >= 11 is 0. The van der Waals surface area contributed by atoms with E-state index in [1.54, 1.807) is 0 Å². The SMILES string of the molecule is CCCC1COC(C2CCC(C3CCC(C(F)(F)Oc4ccc(-c5cc(F)c(F)c(F)c5)c(F)c4)CC3)CC2)OC1. The summed E-state index contributed by atoms with van der Waals surface area (Å²) in [5, 5.41) is 0. The van der Waals surface area contributed by atoms with Gasteiger partial charge in [-0.15, -0.1) is 0 Å². The standard InChI is InChI=1S/C32H38F6O3/c1-2-3-19-17-39-31(40-18-19)22-6-4-20(5-7-22)21-8-10-24(11-9-21)32(37,38)41-25-12-13-26(27(33)16-25)23-14-28(34)30(36)29(35)15-23/h12-16,19-22,24,31H,2-11,17-18H2,1H3. The number of alkyl halides is 2. The van der Waals surface area contributed by atoms with Crippen molar-refractivity contribution in [1.82, 2.24) is 0 Å². The van der Waals surface area contributed by atoms with Crippen LogP contribution in [0.2, 0.25) is 0 Å². The molecule has 2 aliphatic carbocycles. The van der Waals surface area contributed by atoms with Crippen molar-refractivity contribution < 1.29 is 40.6 Å². The Balaban J connectivity index is 1.10. The van der Waals surface area contributed by atoms with Crippen molar-refractivity contribution in [1.29, 1.82) is 0 Å². The number of benzene rings is 2. The molecular formula is C32H38F6O3. The zero-order chi connectivity index (χ0) is 29.1. The van der Waals surface area contributed by atoms with Crippen molar-refractivity contribution in [2.45, 2.75) is 83.5 Å². The minimum atomic E-state index is -3.49. The van der Waals surface area contributed by atoms with E-state index in [0.717, 1.165) is 69.9 Å². The van der Waals surface area contributed by atoms with Crippen molar-refractivity contribution in [3.05, 3.63) is 53.6 Å². The van der Waals surface area contributed by atoms with E-state index in [1.165, 1.54) is 0 Å². The Morgan fingerprint density at radius 1 is 0.756 bits per heavy atom. The van der Waals surface area contributed by atoms with Crippen LogP contribution in [0.25, 0.3) is 11.1 Å². The van der Waals surface area contributed by atoms with Crippen LogP contribution in [0.5, 0.6) is 5.75 Å². The summed E-state index contributed by atoms with van der Waals surface area (Å²) in [6.07, 6.45) is 4.86. The second-order valence-corrected chi connectivity index (χ2v) is 12.0. The lowest BCUT2D eigenvalue weighted by Crippen LogP contribution is -2.40. The molecule has 9 heteroatoms. The summed E-state index contributed by atoms with van der Waals surface area (Å²) in [7, 11) is 0. The number of halogens is 6. The lowest BCUT2D eigenvalue weighted by molar-refractivity contribution is -0.232. The van der Waals surface area contributed by atoms with Crippen LogP contribution < -0.4 is 4.74 Å². The second kappa shape index (κ2) is 12.9. The molecule has 0 spiro atoms. The maximum Gasteiger partial charge on any atom is 0.400 e. The third kappa shape index (κ3) is 7.04. The fourth-order valence-electron chi connectivity index (χ4n) is 6.97. The minimum Gasteiger partial charge on any atom is -0.432 e. The van der Waals surface area contributed by atoms with Gasteiger partial charge in [-0.25, -0.2) is 17.6 Å². The first-order valence-corrected chi connectivity index (χ1v) is 14.9. The molecular weight excluding hydrogens is 546 g/mol. The molecule has 0 atom stereocenters. The zero-order valence-electron chi connectivity index (χ0n) is 23.3. The molecule has 5 rings (SSSR count). The van der Waals surface area contributed by atoms with Gasteiger partial charge in [-0.1, -0.05) is 13.3 Å². The van der Waals surface area contributed by atoms with Crippen LogP contribution in [0.15, 0.2) is 30.3 Å². The van der Waals surface area contributed by atoms with Crippen molar-refractivity contribution in [2.75, 3.05) is 13.2 Å². The van der Waals surface area contributed by atoms with Gasteiger partial charge in [0.1, 0.15) is 11.6 Å². The van der Waals surface area contributed by atoms with Gasteiger partial charge in [-0.05, 0) is 99.5 Å². The van der Waals surface area contributed by atoms with Gasteiger partial charge >= 0.3 is 6.11 Å². The average Bonchev–Trinajstić information content (AvgIpc) is 2.96. The molecule has 0 amide bonds. The molecule has 3 nitrogen and oxygen atoms in total. The van der Waals surface area contributed by atoms with E-state index >= 15 is 8.78 Å². The Morgan fingerprint density at radius 2 is 1.32 bits per heavy atom. The van der Waals surface area contributed by atoms with Gasteiger partial charge < -0.3 is 14.2 Å². The molecule has 1 saturated heterocycles. The Morgan fingerprint density at radius 3 is 1.88 bits per heavy atom. The lowest BCUT2D eigenvalue weighted by Gasteiger charge is -2.41. The topological polar surface area (TPSA) is 27.7 Å². The second-order valence-electron chi connectivity index (χ2n) is 12.0. The summed E-state index contributed by atoms with van der Waals surface area (Å²) < 4.78 is 102. The first-order chi connectivity index (χ1) is 19.6. The van der Waals surface area contributed by atoms with E-state index < -0.39 is 35.3 Å². The Kier molecular flexibility index (Phi) is 9.53. The van der Waals surface area contributed by atoms with Crippen LogP contribution in [0.4, 0.5) is 26.3 Å². The van der Waals surface area contributed by atoms with Gasteiger partial charge in [0.25, 0.3) is 0 Å². The Bertz CT molecular complexity index is 1140. The zero-order valence-corrected chi connectivity index (χ0v) is 23.3. The Labute approximate surface area is 237 Å². The van der Waals surface area contributed by atoms with Gasteiger partial charge in [-0.2, -0.15) is 8.78 Å². The summed E-state index contributed by atoms with van der Waals surface area (Å²) in [5.74, 6) is -5.18. The van der Waals surface area contributed by atoms with Crippen LogP contribution in [0.3, 0.4) is 0 Å². The number of hydrogen-bond donors (Lipinski definition) is 0. The predicted molar refractivity (Wildman–Crippen MR) is 142 cm³/mol. The average molecular weight is 585 g/mol. The number of rotatable bonds is 8.